The predicted octanol–water partition coefficient (Wildman–Crippen LogP) is 6.79. The van der Waals surface area contributed by atoms with Crippen LogP contribution in [0.4, 0.5) is 13.2 Å². The minimum absolute atomic E-state index is 0.0720. The minimum atomic E-state index is -1.44. The van der Waals surface area contributed by atoms with E-state index in [2.05, 4.69) is 11.9 Å². The molecule has 0 aliphatic rings. The van der Waals surface area contributed by atoms with Crippen LogP contribution in [0.3, 0.4) is 0 Å². The van der Waals surface area contributed by atoms with E-state index in [-0.39, 0.29) is 5.56 Å². The lowest BCUT2D eigenvalue weighted by Gasteiger charge is -2.08. The molecule has 0 amide bonds. The monoisotopic (exact) mass is 385 g/mol. The molecular weight excluding hydrogens is 363 g/mol. The van der Waals surface area contributed by atoms with E-state index in [1.165, 1.54) is 19.3 Å². The first-order chi connectivity index (χ1) is 13.6. The molecular formula is C23H22F3NO. The van der Waals surface area contributed by atoms with Gasteiger partial charge in [0, 0.05) is 5.56 Å². The van der Waals surface area contributed by atoms with E-state index in [0.717, 1.165) is 29.4 Å². The lowest BCUT2D eigenvalue weighted by molar-refractivity contribution is 0.305. The number of hydrogen-bond donors (Lipinski definition) is 0. The number of nitrogens with zero attached hydrogens (tertiary/aromatic N) is 1. The molecule has 1 aromatic heterocycles. The van der Waals surface area contributed by atoms with Crippen LogP contribution in [-0.2, 0) is 0 Å². The number of unbranched alkanes of at least 4 members (excludes halogenated alkanes) is 3. The fraction of sp³-hybridized carbons (Fsp3) is 0.261. The summed E-state index contributed by atoms with van der Waals surface area (Å²) < 4.78 is 45.9. The maximum atomic E-state index is 13.8. The topological polar surface area (TPSA) is 22.1 Å². The number of aromatic nitrogens is 1. The zero-order valence-electron chi connectivity index (χ0n) is 15.7. The lowest BCUT2D eigenvalue weighted by Crippen LogP contribution is -1.97. The molecule has 2 nitrogen and oxygen atoms in total. The summed E-state index contributed by atoms with van der Waals surface area (Å²) >= 11 is 0. The van der Waals surface area contributed by atoms with E-state index in [1.807, 2.05) is 24.3 Å². The first-order valence-electron chi connectivity index (χ1n) is 9.43. The van der Waals surface area contributed by atoms with E-state index in [1.54, 1.807) is 24.3 Å². The van der Waals surface area contributed by atoms with Crippen molar-refractivity contribution in [1.29, 1.82) is 0 Å². The Kier molecular flexibility index (Phi) is 6.69. The van der Waals surface area contributed by atoms with Gasteiger partial charge in [-0.2, -0.15) is 13.8 Å². The average Bonchev–Trinajstić information content (AvgIpc) is 2.71. The summed E-state index contributed by atoms with van der Waals surface area (Å²) in [6, 6.07) is 15.5. The Balaban J connectivity index is 1.67. The summed E-state index contributed by atoms with van der Waals surface area (Å²) in [5, 5.41) is 0. The highest BCUT2D eigenvalue weighted by Gasteiger charge is 2.13. The van der Waals surface area contributed by atoms with Crippen LogP contribution in [-0.4, -0.2) is 11.6 Å². The average molecular weight is 385 g/mol. The highest BCUT2D eigenvalue weighted by atomic mass is 19.2. The van der Waals surface area contributed by atoms with Crippen LogP contribution >= 0.6 is 0 Å². The molecule has 0 aliphatic heterocycles. The number of pyridine rings is 1. The van der Waals surface area contributed by atoms with Crippen molar-refractivity contribution < 1.29 is 17.9 Å². The van der Waals surface area contributed by atoms with Crippen molar-refractivity contribution in [1.82, 2.24) is 4.98 Å². The summed E-state index contributed by atoms with van der Waals surface area (Å²) in [6.07, 6.45) is 4.65. The zero-order chi connectivity index (χ0) is 19.9. The molecule has 0 atom stereocenters. The Bertz CT molecular complexity index is 908. The Morgan fingerprint density at radius 2 is 1.36 bits per heavy atom. The second-order valence-corrected chi connectivity index (χ2v) is 6.61. The zero-order valence-corrected chi connectivity index (χ0v) is 15.7. The highest BCUT2D eigenvalue weighted by molar-refractivity contribution is 5.70. The van der Waals surface area contributed by atoms with Crippen LogP contribution in [0.15, 0.2) is 54.6 Å². The largest absolute Gasteiger partial charge is 0.494 e. The Morgan fingerprint density at radius 1 is 0.750 bits per heavy atom. The summed E-state index contributed by atoms with van der Waals surface area (Å²) in [4.78, 5) is 2.96. The summed E-state index contributed by atoms with van der Waals surface area (Å²) in [5.74, 6) is -2.82. The first-order valence-corrected chi connectivity index (χ1v) is 9.43. The molecule has 3 aromatic rings. The van der Waals surface area contributed by atoms with Crippen molar-refractivity contribution in [2.75, 3.05) is 6.61 Å². The standard InChI is InChI=1S/C23H22F3NO/c1-2-3-4-5-14-28-19-12-10-17(11-13-19)16-6-8-18(9-7-16)20-15-21(24)23(26)27-22(20)25/h6-13,15H,2-5,14H2,1H3. The van der Waals surface area contributed by atoms with E-state index < -0.39 is 17.7 Å². The predicted molar refractivity (Wildman–Crippen MR) is 105 cm³/mol. The molecule has 0 bridgehead atoms. The molecule has 1 heterocycles. The van der Waals surface area contributed by atoms with Gasteiger partial charge in [-0.25, -0.2) is 4.39 Å². The molecule has 0 radical (unpaired) electrons. The number of ether oxygens (including phenoxy) is 1. The molecule has 5 heteroatoms. The molecule has 146 valence electrons. The third-order valence-electron chi connectivity index (χ3n) is 4.54. The summed E-state index contributed by atoms with van der Waals surface area (Å²) in [5.41, 5.74) is 2.26. The quantitative estimate of drug-likeness (QED) is 0.314. The molecule has 28 heavy (non-hydrogen) atoms. The van der Waals surface area contributed by atoms with Gasteiger partial charge in [0.15, 0.2) is 5.82 Å². The smallest absolute Gasteiger partial charge is 0.251 e. The van der Waals surface area contributed by atoms with Gasteiger partial charge in [-0.1, -0.05) is 62.6 Å². The molecule has 0 unspecified atom stereocenters. The molecule has 0 saturated carbocycles. The lowest BCUT2D eigenvalue weighted by atomic mass is 10.0. The fourth-order valence-electron chi connectivity index (χ4n) is 2.95. The van der Waals surface area contributed by atoms with E-state index >= 15 is 0 Å². The van der Waals surface area contributed by atoms with E-state index in [0.29, 0.717) is 12.2 Å². The van der Waals surface area contributed by atoms with Gasteiger partial charge in [-0.05, 0) is 41.3 Å². The number of hydrogen-bond acceptors (Lipinski definition) is 2. The summed E-state index contributed by atoms with van der Waals surface area (Å²) in [7, 11) is 0. The van der Waals surface area contributed by atoms with Crippen LogP contribution in [0.2, 0.25) is 0 Å². The van der Waals surface area contributed by atoms with Crippen LogP contribution in [0, 0.1) is 17.7 Å². The number of benzene rings is 2. The van der Waals surface area contributed by atoms with Crippen molar-refractivity contribution in [3.8, 4) is 28.0 Å². The minimum Gasteiger partial charge on any atom is -0.494 e. The Hall–Kier alpha value is -2.82. The first kappa shape index (κ1) is 19.9. The molecule has 0 fully saturated rings. The molecule has 2 aromatic carbocycles. The van der Waals surface area contributed by atoms with Crippen molar-refractivity contribution in [3.05, 3.63) is 72.3 Å². The number of rotatable bonds is 8. The fourth-order valence-corrected chi connectivity index (χ4v) is 2.95. The third kappa shape index (κ3) is 4.91. The van der Waals surface area contributed by atoms with Gasteiger partial charge in [0.2, 0.25) is 5.95 Å². The molecule has 3 rings (SSSR count). The second kappa shape index (κ2) is 9.40. The van der Waals surface area contributed by atoms with Gasteiger partial charge in [-0.3, -0.25) is 0 Å². The van der Waals surface area contributed by atoms with Gasteiger partial charge >= 0.3 is 0 Å². The van der Waals surface area contributed by atoms with E-state index in [9.17, 15) is 13.2 Å². The Morgan fingerprint density at radius 3 is 2.00 bits per heavy atom. The van der Waals surface area contributed by atoms with Crippen LogP contribution in [0.5, 0.6) is 5.75 Å². The highest BCUT2D eigenvalue weighted by Crippen LogP contribution is 2.28. The molecule has 0 saturated heterocycles. The summed E-state index contributed by atoms with van der Waals surface area (Å²) in [6.45, 7) is 2.89. The maximum Gasteiger partial charge on any atom is 0.251 e. The molecule has 0 N–H and O–H groups in total. The van der Waals surface area contributed by atoms with Crippen LogP contribution in [0.25, 0.3) is 22.3 Å². The van der Waals surface area contributed by atoms with Crippen LogP contribution < -0.4 is 4.74 Å². The van der Waals surface area contributed by atoms with Gasteiger partial charge in [0.05, 0.1) is 6.61 Å². The number of halogens is 3. The third-order valence-corrected chi connectivity index (χ3v) is 4.54. The maximum absolute atomic E-state index is 13.8. The van der Waals surface area contributed by atoms with Crippen LogP contribution in [0.1, 0.15) is 32.6 Å². The van der Waals surface area contributed by atoms with E-state index in [4.69, 9.17) is 4.74 Å². The molecule has 0 aliphatic carbocycles. The van der Waals surface area contributed by atoms with Crippen molar-refractivity contribution in [3.63, 3.8) is 0 Å². The van der Waals surface area contributed by atoms with Crippen molar-refractivity contribution in [2.24, 2.45) is 0 Å². The SMILES string of the molecule is CCCCCCOc1ccc(-c2ccc(-c3cc(F)c(F)nc3F)cc2)cc1. The van der Waals surface area contributed by atoms with Gasteiger partial charge < -0.3 is 4.74 Å². The van der Waals surface area contributed by atoms with Gasteiger partial charge in [0.1, 0.15) is 5.75 Å². The molecule has 0 spiro atoms. The second-order valence-electron chi connectivity index (χ2n) is 6.61. The van der Waals surface area contributed by atoms with Gasteiger partial charge in [-0.15, -0.1) is 0 Å². The Labute approximate surface area is 163 Å². The normalized spacial score (nSPS) is 10.9. The van der Waals surface area contributed by atoms with Crippen molar-refractivity contribution >= 4 is 0 Å². The van der Waals surface area contributed by atoms with Crippen molar-refractivity contribution in [2.45, 2.75) is 32.6 Å². The van der Waals surface area contributed by atoms with Gasteiger partial charge in [0.25, 0.3) is 5.95 Å².